The summed E-state index contributed by atoms with van der Waals surface area (Å²) in [6, 6.07) is 9.24. The lowest BCUT2D eigenvalue weighted by Gasteiger charge is -2.10. The van der Waals surface area contributed by atoms with Crippen molar-refractivity contribution in [1.29, 1.82) is 0 Å². The maximum absolute atomic E-state index is 13.8. The summed E-state index contributed by atoms with van der Waals surface area (Å²) < 4.78 is 32.4. The van der Waals surface area contributed by atoms with E-state index in [1.54, 1.807) is 18.2 Å². The Labute approximate surface area is 117 Å². The van der Waals surface area contributed by atoms with Gasteiger partial charge in [0, 0.05) is 0 Å². The first-order chi connectivity index (χ1) is 9.60. The van der Waals surface area contributed by atoms with E-state index in [1.165, 1.54) is 18.2 Å². The molecule has 0 aliphatic carbocycles. The highest BCUT2D eigenvalue weighted by Gasteiger charge is 2.07. The van der Waals surface area contributed by atoms with Gasteiger partial charge >= 0.3 is 0 Å². The Bertz CT molecular complexity index is 599. The third kappa shape index (κ3) is 3.54. The predicted octanol–water partition coefficient (Wildman–Crippen LogP) is 3.35. The lowest BCUT2D eigenvalue weighted by atomic mass is 10.1. The Morgan fingerprint density at radius 2 is 1.90 bits per heavy atom. The largest absolute Gasteiger partial charge is 0.486 e. The van der Waals surface area contributed by atoms with Gasteiger partial charge in [0.2, 0.25) is 0 Å². The molecule has 2 nitrogen and oxygen atoms in total. The summed E-state index contributed by atoms with van der Waals surface area (Å²) in [7, 11) is 0. The molecular weight excluding hydrogens is 260 g/mol. The van der Waals surface area contributed by atoms with Crippen LogP contribution in [-0.2, 0) is 13.0 Å². The highest BCUT2D eigenvalue weighted by Crippen LogP contribution is 2.21. The van der Waals surface area contributed by atoms with Crippen molar-refractivity contribution in [3.63, 3.8) is 0 Å². The second-order valence-electron chi connectivity index (χ2n) is 4.66. The second-order valence-corrected chi connectivity index (χ2v) is 4.66. The van der Waals surface area contributed by atoms with E-state index < -0.39 is 5.82 Å². The molecule has 2 aromatic carbocycles. The summed E-state index contributed by atoms with van der Waals surface area (Å²) in [5.41, 5.74) is 7.87. The third-order valence-corrected chi connectivity index (χ3v) is 3.12. The van der Waals surface area contributed by atoms with E-state index in [4.69, 9.17) is 10.5 Å². The van der Waals surface area contributed by atoms with Crippen LogP contribution in [-0.4, -0.2) is 6.54 Å². The molecule has 0 fully saturated rings. The van der Waals surface area contributed by atoms with Gasteiger partial charge in [-0.2, -0.15) is 0 Å². The molecule has 0 aliphatic rings. The van der Waals surface area contributed by atoms with Gasteiger partial charge in [-0.15, -0.1) is 0 Å². The summed E-state index contributed by atoms with van der Waals surface area (Å²) in [6.45, 7) is 2.47. The summed E-state index contributed by atoms with van der Waals surface area (Å²) in [6.07, 6.45) is 0.625. The molecular formula is C16H17F2NO. The predicted molar refractivity (Wildman–Crippen MR) is 74.6 cm³/mol. The summed E-state index contributed by atoms with van der Waals surface area (Å²) in [5.74, 6) is -0.590. The number of rotatable bonds is 5. The minimum atomic E-state index is -0.426. The molecule has 106 valence electrons. The van der Waals surface area contributed by atoms with Crippen molar-refractivity contribution in [2.24, 2.45) is 5.73 Å². The smallest absolute Gasteiger partial charge is 0.165 e. The molecule has 0 saturated heterocycles. The molecule has 2 rings (SSSR count). The molecule has 2 N–H and O–H groups in total. The molecule has 0 radical (unpaired) electrons. The summed E-state index contributed by atoms with van der Waals surface area (Å²) in [5, 5.41) is 0. The van der Waals surface area contributed by atoms with Gasteiger partial charge < -0.3 is 10.5 Å². The van der Waals surface area contributed by atoms with Crippen molar-refractivity contribution < 1.29 is 13.5 Å². The molecule has 0 amide bonds. The normalized spacial score (nSPS) is 10.6. The van der Waals surface area contributed by atoms with Crippen LogP contribution in [0.1, 0.15) is 16.7 Å². The molecule has 0 saturated carbocycles. The molecule has 0 heterocycles. The zero-order chi connectivity index (χ0) is 14.5. The van der Waals surface area contributed by atoms with Crippen molar-refractivity contribution in [2.45, 2.75) is 20.0 Å². The van der Waals surface area contributed by atoms with Crippen molar-refractivity contribution in [3.05, 3.63) is 64.7 Å². The number of benzene rings is 2. The summed E-state index contributed by atoms with van der Waals surface area (Å²) in [4.78, 5) is 0. The van der Waals surface area contributed by atoms with Crippen LogP contribution in [0.15, 0.2) is 36.4 Å². The minimum Gasteiger partial charge on any atom is -0.486 e. The van der Waals surface area contributed by atoms with Crippen LogP contribution in [0.5, 0.6) is 5.75 Å². The second kappa shape index (κ2) is 6.48. The Balaban J connectivity index is 2.09. The average Bonchev–Trinajstić information content (AvgIpc) is 2.42. The van der Waals surface area contributed by atoms with E-state index in [2.05, 4.69) is 0 Å². The number of halogens is 2. The highest BCUT2D eigenvalue weighted by atomic mass is 19.1. The van der Waals surface area contributed by atoms with Crippen LogP contribution < -0.4 is 10.5 Å². The lowest BCUT2D eigenvalue weighted by Crippen LogP contribution is -2.04. The number of hydrogen-bond acceptors (Lipinski definition) is 2. The Hall–Kier alpha value is -1.94. The first-order valence-electron chi connectivity index (χ1n) is 6.46. The van der Waals surface area contributed by atoms with Gasteiger partial charge in [0.15, 0.2) is 11.6 Å². The fourth-order valence-corrected chi connectivity index (χ4v) is 1.93. The Morgan fingerprint density at radius 1 is 1.10 bits per heavy atom. The van der Waals surface area contributed by atoms with Gasteiger partial charge in [-0.25, -0.2) is 8.78 Å². The SMILES string of the molecule is Cc1ccc(F)cc1COc1ccc(CCN)cc1F. The monoisotopic (exact) mass is 277 g/mol. The highest BCUT2D eigenvalue weighted by molar-refractivity contribution is 5.31. The number of ether oxygens (including phenoxy) is 1. The first kappa shape index (κ1) is 14.5. The quantitative estimate of drug-likeness (QED) is 0.909. The van der Waals surface area contributed by atoms with Crippen LogP contribution in [0.2, 0.25) is 0 Å². The van der Waals surface area contributed by atoms with E-state index in [0.717, 1.165) is 11.1 Å². The Morgan fingerprint density at radius 3 is 2.60 bits per heavy atom. The molecule has 0 aliphatic heterocycles. The molecule has 0 atom stereocenters. The van der Waals surface area contributed by atoms with Crippen LogP contribution in [0.25, 0.3) is 0 Å². The van der Waals surface area contributed by atoms with Gasteiger partial charge in [0.05, 0.1) is 0 Å². The fraction of sp³-hybridized carbons (Fsp3) is 0.250. The number of nitrogens with two attached hydrogens (primary N) is 1. The fourth-order valence-electron chi connectivity index (χ4n) is 1.93. The van der Waals surface area contributed by atoms with Crippen molar-refractivity contribution in [2.75, 3.05) is 6.54 Å². The molecule has 2 aromatic rings. The molecule has 4 heteroatoms. The molecule has 0 bridgehead atoms. The topological polar surface area (TPSA) is 35.2 Å². The van der Waals surface area contributed by atoms with Crippen molar-refractivity contribution in [1.82, 2.24) is 0 Å². The molecule has 20 heavy (non-hydrogen) atoms. The van der Waals surface area contributed by atoms with Crippen LogP contribution in [0, 0.1) is 18.6 Å². The first-order valence-corrected chi connectivity index (χ1v) is 6.46. The van der Waals surface area contributed by atoms with E-state index in [9.17, 15) is 8.78 Å². The number of hydrogen-bond donors (Lipinski definition) is 1. The van der Waals surface area contributed by atoms with Gasteiger partial charge in [-0.1, -0.05) is 12.1 Å². The third-order valence-electron chi connectivity index (χ3n) is 3.12. The van der Waals surface area contributed by atoms with Gasteiger partial charge in [0.25, 0.3) is 0 Å². The van der Waals surface area contributed by atoms with Crippen molar-refractivity contribution >= 4 is 0 Å². The Kier molecular flexibility index (Phi) is 4.69. The minimum absolute atomic E-state index is 0.136. The standard InChI is InChI=1S/C16H17F2NO/c1-11-2-4-14(17)9-13(11)10-20-16-5-3-12(6-7-19)8-15(16)18/h2-5,8-9H,6-7,10,19H2,1H3. The van der Waals surface area contributed by atoms with Gasteiger partial charge in [-0.05, 0) is 60.8 Å². The van der Waals surface area contributed by atoms with E-state index in [0.29, 0.717) is 18.5 Å². The van der Waals surface area contributed by atoms with Crippen LogP contribution >= 0.6 is 0 Å². The van der Waals surface area contributed by atoms with Crippen LogP contribution in [0.3, 0.4) is 0 Å². The zero-order valence-corrected chi connectivity index (χ0v) is 11.3. The zero-order valence-electron chi connectivity index (χ0n) is 11.3. The number of aryl methyl sites for hydroxylation is 1. The average molecular weight is 277 g/mol. The molecule has 0 aromatic heterocycles. The maximum Gasteiger partial charge on any atom is 0.165 e. The van der Waals surface area contributed by atoms with Crippen LogP contribution in [0.4, 0.5) is 8.78 Å². The van der Waals surface area contributed by atoms with E-state index in [-0.39, 0.29) is 18.2 Å². The van der Waals surface area contributed by atoms with Crippen molar-refractivity contribution in [3.8, 4) is 5.75 Å². The lowest BCUT2D eigenvalue weighted by molar-refractivity contribution is 0.289. The van der Waals surface area contributed by atoms with Gasteiger partial charge in [0.1, 0.15) is 12.4 Å². The van der Waals surface area contributed by atoms with Gasteiger partial charge in [-0.3, -0.25) is 0 Å². The maximum atomic E-state index is 13.8. The molecule has 0 unspecified atom stereocenters. The summed E-state index contributed by atoms with van der Waals surface area (Å²) >= 11 is 0. The molecule has 0 spiro atoms. The van der Waals surface area contributed by atoms with E-state index >= 15 is 0 Å². The van der Waals surface area contributed by atoms with E-state index in [1.807, 2.05) is 6.92 Å².